The van der Waals surface area contributed by atoms with Gasteiger partial charge in [0.05, 0.1) is 5.54 Å². The van der Waals surface area contributed by atoms with E-state index in [-0.39, 0.29) is 50.4 Å². The van der Waals surface area contributed by atoms with Crippen LogP contribution < -0.4 is 16.0 Å². The summed E-state index contributed by atoms with van der Waals surface area (Å²) in [5.41, 5.74) is 0.513. The lowest BCUT2D eigenvalue weighted by atomic mass is 9.72. The Morgan fingerprint density at radius 1 is 0.940 bits per heavy atom. The summed E-state index contributed by atoms with van der Waals surface area (Å²) in [6.45, 7) is 5.11. The highest BCUT2D eigenvalue weighted by molar-refractivity contribution is 5.95. The number of aliphatic hydroxyl groups excluding tert-OH is 1. The summed E-state index contributed by atoms with van der Waals surface area (Å²) in [5, 5.41) is 23.1. The number of carbonyl (C=O) groups excluding carboxylic acids is 4. The van der Waals surface area contributed by atoms with Crippen molar-refractivity contribution in [3.63, 3.8) is 0 Å². The van der Waals surface area contributed by atoms with Crippen LogP contribution in [0.3, 0.4) is 0 Å². The molecule has 2 unspecified atom stereocenters. The van der Waals surface area contributed by atoms with Crippen LogP contribution in [0.25, 0.3) is 11.1 Å². The van der Waals surface area contributed by atoms with Crippen molar-refractivity contribution in [1.82, 2.24) is 20.4 Å². The molecule has 1 heterocycles. The van der Waals surface area contributed by atoms with Crippen molar-refractivity contribution in [3.05, 3.63) is 71.9 Å². The molecule has 3 aromatic rings. The number of nitrogens with one attached hydrogen (secondary N) is 3. The van der Waals surface area contributed by atoms with Crippen LogP contribution in [0.1, 0.15) is 89.2 Å². The number of ether oxygens (including phenoxy) is 2. The summed E-state index contributed by atoms with van der Waals surface area (Å²) < 4.78 is 27.5. The zero-order valence-corrected chi connectivity index (χ0v) is 28.5. The minimum Gasteiger partial charge on any atom is -0.447 e. The molecule has 0 bridgehead atoms. The number of halogens is 1. The van der Waals surface area contributed by atoms with Gasteiger partial charge in [0.15, 0.2) is 11.9 Å². The molecule has 2 fully saturated rings. The minimum absolute atomic E-state index is 0.00608. The van der Waals surface area contributed by atoms with Gasteiger partial charge in [0.25, 0.3) is 5.91 Å². The van der Waals surface area contributed by atoms with E-state index in [0.29, 0.717) is 19.3 Å². The van der Waals surface area contributed by atoms with Crippen molar-refractivity contribution in [2.75, 3.05) is 11.9 Å². The van der Waals surface area contributed by atoms with Crippen molar-refractivity contribution >= 4 is 29.8 Å². The number of alkyl halides is 1. The van der Waals surface area contributed by atoms with E-state index in [9.17, 15) is 24.3 Å². The summed E-state index contributed by atoms with van der Waals surface area (Å²) in [6, 6.07) is 16.1. The highest BCUT2D eigenvalue weighted by Crippen LogP contribution is 2.44. The van der Waals surface area contributed by atoms with Crippen molar-refractivity contribution in [2.24, 2.45) is 0 Å². The molecule has 266 valence electrons. The van der Waals surface area contributed by atoms with Gasteiger partial charge < -0.3 is 30.5 Å². The summed E-state index contributed by atoms with van der Waals surface area (Å²) in [4.78, 5) is 52.4. The first kappa shape index (κ1) is 35.1. The predicted molar refractivity (Wildman–Crippen MR) is 182 cm³/mol. The largest absolute Gasteiger partial charge is 0.447 e. The molecule has 0 saturated heterocycles. The number of amides is 3. The molecular formula is C37H44FN5O7. The summed E-state index contributed by atoms with van der Waals surface area (Å²) in [5.74, 6) is -1.71. The van der Waals surface area contributed by atoms with Crippen molar-refractivity contribution < 1.29 is 38.1 Å². The normalized spacial score (nSPS) is 18.5. The molecule has 2 saturated carbocycles. The van der Waals surface area contributed by atoms with Gasteiger partial charge in [-0.15, -0.1) is 5.10 Å². The molecule has 1 aromatic heterocycles. The molecule has 3 amide bonds. The maximum Gasteiger partial charge on any atom is 0.434 e. The summed E-state index contributed by atoms with van der Waals surface area (Å²) in [7, 11) is 0. The number of hydrogen-bond donors (Lipinski definition) is 4. The maximum absolute atomic E-state index is 15.5. The van der Waals surface area contributed by atoms with Gasteiger partial charge in [-0.3, -0.25) is 9.59 Å². The van der Waals surface area contributed by atoms with E-state index in [4.69, 9.17) is 9.47 Å². The van der Waals surface area contributed by atoms with Gasteiger partial charge in [0.1, 0.15) is 23.9 Å². The monoisotopic (exact) mass is 689 g/mol. The standard InChI is InChI=1S/C37H44FN5O7/c1-35(2,3)50-33(47)39-28(21-36(38)16-8-9-17-36)31(45)41-37(18-10-19-37)30(44)32(46)40-29-15-20-43(42-29)34(48)49-22-27-25-13-6-4-11-23(25)24-12-5-7-14-26(24)27/h4-7,11-15,20,27-28,30,44H,8-10,16-19,21-22H2,1-3H3,(H,39,47)(H,41,45)(H,40,42,46). The van der Waals surface area contributed by atoms with Crippen molar-refractivity contribution in [1.29, 1.82) is 0 Å². The van der Waals surface area contributed by atoms with Crippen LogP contribution in [0, 0.1) is 0 Å². The average molecular weight is 690 g/mol. The van der Waals surface area contributed by atoms with E-state index in [2.05, 4.69) is 21.0 Å². The van der Waals surface area contributed by atoms with Crippen LogP contribution >= 0.6 is 0 Å². The molecule has 0 radical (unpaired) electrons. The first-order valence-electron chi connectivity index (χ1n) is 17.2. The second-order valence-electron chi connectivity index (χ2n) is 14.6. The fraction of sp³-hybridized carbons (Fsp3) is 0.486. The first-order chi connectivity index (χ1) is 23.8. The molecule has 12 nitrogen and oxygen atoms in total. The summed E-state index contributed by atoms with van der Waals surface area (Å²) >= 11 is 0. The minimum atomic E-state index is -1.70. The molecule has 3 aliphatic rings. The Balaban J connectivity index is 1.07. The van der Waals surface area contributed by atoms with E-state index < -0.39 is 53.0 Å². The first-order valence-corrected chi connectivity index (χ1v) is 17.2. The Kier molecular flexibility index (Phi) is 9.71. The number of hydrogen-bond acceptors (Lipinski definition) is 8. The molecule has 6 rings (SSSR count). The van der Waals surface area contributed by atoms with Crippen LogP contribution in [0.4, 0.5) is 19.8 Å². The fourth-order valence-electron chi connectivity index (χ4n) is 7.19. The second kappa shape index (κ2) is 13.9. The van der Waals surface area contributed by atoms with E-state index >= 15 is 4.39 Å². The number of alkyl carbamates (subject to hydrolysis) is 1. The van der Waals surface area contributed by atoms with Crippen LogP contribution in [0.5, 0.6) is 0 Å². The Bertz CT molecular complexity index is 1710. The van der Waals surface area contributed by atoms with Gasteiger partial charge >= 0.3 is 12.2 Å². The van der Waals surface area contributed by atoms with E-state index in [1.807, 2.05) is 48.5 Å². The van der Waals surface area contributed by atoms with Gasteiger partial charge in [0.2, 0.25) is 5.91 Å². The maximum atomic E-state index is 15.5. The zero-order valence-electron chi connectivity index (χ0n) is 28.5. The molecule has 2 atom stereocenters. The van der Waals surface area contributed by atoms with Gasteiger partial charge in [-0.05, 0) is 75.1 Å². The highest BCUT2D eigenvalue weighted by atomic mass is 19.1. The smallest absolute Gasteiger partial charge is 0.434 e. The number of carbonyl (C=O) groups is 4. The van der Waals surface area contributed by atoms with Crippen molar-refractivity contribution in [2.45, 2.75) is 107 Å². The number of aromatic nitrogens is 2. The second-order valence-corrected chi connectivity index (χ2v) is 14.6. The van der Waals surface area contributed by atoms with Gasteiger partial charge in [-0.2, -0.15) is 4.68 Å². The van der Waals surface area contributed by atoms with E-state index in [1.165, 1.54) is 12.3 Å². The highest BCUT2D eigenvalue weighted by Gasteiger charge is 2.50. The molecule has 2 aromatic carbocycles. The molecule has 3 aliphatic carbocycles. The fourth-order valence-corrected chi connectivity index (χ4v) is 7.19. The number of aliphatic hydroxyl groups is 1. The molecule has 50 heavy (non-hydrogen) atoms. The topological polar surface area (TPSA) is 161 Å². The van der Waals surface area contributed by atoms with E-state index in [1.54, 1.807) is 20.8 Å². The molecular weight excluding hydrogens is 645 g/mol. The molecule has 13 heteroatoms. The molecule has 0 aliphatic heterocycles. The van der Waals surface area contributed by atoms with Crippen LogP contribution in [-0.2, 0) is 19.1 Å². The number of fused-ring (bicyclic) bond motifs is 3. The lowest BCUT2D eigenvalue weighted by Crippen LogP contribution is -2.67. The number of rotatable bonds is 10. The predicted octanol–water partition coefficient (Wildman–Crippen LogP) is 5.58. The van der Waals surface area contributed by atoms with Crippen LogP contribution in [0.2, 0.25) is 0 Å². The quantitative estimate of drug-likeness (QED) is 0.215. The number of nitrogens with zero attached hydrogens (tertiary/aromatic N) is 2. The third-order valence-corrected chi connectivity index (χ3v) is 9.83. The Morgan fingerprint density at radius 3 is 2.14 bits per heavy atom. The number of benzene rings is 2. The Labute approximate surface area is 290 Å². The third kappa shape index (κ3) is 7.52. The van der Waals surface area contributed by atoms with Crippen LogP contribution in [0.15, 0.2) is 60.8 Å². The van der Waals surface area contributed by atoms with Gasteiger partial charge in [0, 0.05) is 24.6 Å². The SMILES string of the molecule is CC(C)(C)OC(=O)NC(CC1(F)CCCC1)C(=O)NC1(C(O)C(=O)Nc2ccn(C(=O)OCC3c4ccccc4-c4ccccc43)n2)CCC1. The lowest BCUT2D eigenvalue weighted by Gasteiger charge is -2.45. The van der Waals surface area contributed by atoms with E-state index in [0.717, 1.165) is 26.9 Å². The van der Waals surface area contributed by atoms with Gasteiger partial charge in [-0.25, -0.2) is 14.0 Å². The van der Waals surface area contributed by atoms with Crippen LogP contribution in [-0.4, -0.2) is 74.4 Å². The average Bonchev–Trinajstić information content (AvgIpc) is 3.78. The zero-order chi connectivity index (χ0) is 35.7. The Hall–Kier alpha value is -4.78. The summed E-state index contributed by atoms with van der Waals surface area (Å²) in [6.07, 6.45) is 0.841. The lowest BCUT2D eigenvalue weighted by molar-refractivity contribution is -0.137. The molecule has 0 spiro atoms. The Morgan fingerprint density at radius 2 is 1.56 bits per heavy atom. The van der Waals surface area contributed by atoms with Crippen molar-refractivity contribution in [3.8, 4) is 11.1 Å². The third-order valence-electron chi connectivity index (χ3n) is 9.83. The number of anilines is 1. The van der Waals surface area contributed by atoms with Gasteiger partial charge in [-0.1, -0.05) is 61.4 Å². The molecule has 4 N–H and O–H groups in total.